The van der Waals surface area contributed by atoms with Crippen molar-refractivity contribution >= 4 is 34.2 Å². The Morgan fingerprint density at radius 3 is 2.28 bits per heavy atom. The number of rotatable bonds is 8. The first-order valence-corrected chi connectivity index (χ1v) is 10.2. The molecule has 7 nitrogen and oxygen atoms in total. The molecule has 1 heterocycles. The fourth-order valence-electron chi connectivity index (χ4n) is 2.68. The van der Waals surface area contributed by atoms with Gasteiger partial charge in [0.2, 0.25) is 5.91 Å². The van der Waals surface area contributed by atoms with Crippen LogP contribution < -0.4 is 10.2 Å². The summed E-state index contributed by atoms with van der Waals surface area (Å²) in [4.78, 5) is 32.4. The van der Waals surface area contributed by atoms with Crippen LogP contribution in [0.25, 0.3) is 0 Å². The van der Waals surface area contributed by atoms with Crippen LogP contribution in [0.1, 0.15) is 31.4 Å². The van der Waals surface area contributed by atoms with Crippen LogP contribution in [0, 0.1) is 6.92 Å². The van der Waals surface area contributed by atoms with E-state index in [0.717, 1.165) is 24.5 Å². The molecule has 0 spiro atoms. The van der Waals surface area contributed by atoms with Crippen LogP contribution in [-0.4, -0.2) is 47.2 Å². The van der Waals surface area contributed by atoms with Gasteiger partial charge in [0.15, 0.2) is 0 Å². The Labute approximate surface area is 175 Å². The molecule has 2 aromatic rings. The number of carbonyl (C=O) groups excluding carboxylic acids is 1. The number of hydrogen-bond acceptors (Lipinski definition) is 5. The molecule has 1 unspecified atom stereocenters. The third-order valence-electron chi connectivity index (χ3n) is 4.21. The molecule has 8 heteroatoms. The van der Waals surface area contributed by atoms with Gasteiger partial charge in [-0.2, -0.15) is 0 Å². The van der Waals surface area contributed by atoms with E-state index >= 15 is 0 Å². The van der Waals surface area contributed by atoms with Crippen molar-refractivity contribution < 1.29 is 24.6 Å². The van der Waals surface area contributed by atoms with Gasteiger partial charge in [-0.3, -0.25) is 9.69 Å². The lowest BCUT2D eigenvalue weighted by Gasteiger charge is -2.28. The minimum absolute atomic E-state index is 0.151. The molecule has 0 radical (unpaired) electrons. The summed E-state index contributed by atoms with van der Waals surface area (Å²) in [5.74, 6) is -3.47. The highest BCUT2D eigenvalue weighted by molar-refractivity contribution is 7.14. The van der Waals surface area contributed by atoms with Gasteiger partial charge < -0.3 is 15.5 Å². The van der Waals surface area contributed by atoms with Crippen LogP contribution in [0.4, 0.5) is 5.00 Å². The van der Waals surface area contributed by atoms with E-state index in [9.17, 15) is 4.79 Å². The van der Waals surface area contributed by atoms with Gasteiger partial charge in [-0.15, -0.1) is 11.3 Å². The van der Waals surface area contributed by atoms with Crippen LogP contribution in [0.2, 0.25) is 0 Å². The van der Waals surface area contributed by atoms with Crippen molar-refractivity contribution in [2.45, 2.75) is 39.7 Å². The quantitative estimate of drug-likeness (QED) is 0.447. The maximum atomic E-state index is 12.3. The third-order valence-corrected chi connectivity index (χ3v) is 5.08. The first-order valence-electron chi connectivity index (χ1n) is 9.34. The topological polar surface area (TPSA) is 107 Å². The molecule has 1 aromatic heterocycles. The molecule has 158 valence electrons. The second-order valence-corrected chi connectivity index (χ2v) is 7.33. The molecule has 1 atom stereocenters. The van der Waals surface area contributed by atoms with E-state index < -0.39 is 11.9 Å². The lowest BCUT2D eigenvalue weighted by atomic mass is 10.1. The molecule has 0 aliphatic rings. The summed E-state index contributed by atoms with van der Waals surface area (Å²) in [6, 6.07) is 12.6. The summed E-state index contributed by atoms with van der Waals surface area (Å²) < 4.78 is 0. The number of amides is 1. The monoisotopic (exact) mass is 420 g/mol. The lowest BCUT2D eigenvalue weighted by molar-refractivity contribution is -0.159. The van der Waals surface area contributed by atoms with Crippen molar-refractivity contribution in [2.24, 2.45) is 0 Å². The zero-order valence-corrected chi connectivity index (χ0v) is 17.7. The number of hydrogen-bond donors (Lipinski definition) is 3. The molecular weight excluding hydrogens is 392 g/mol. The Bertz CT molecular complexity index is 780. The summed E-state index contributed by atoms with van der Waals surface area (Å²) in [5.41, 5.74) is 2.72. The van der Waals surface area contributed by atoms with Gasteiger partial charge in [-0.05, 0) is 55.5 Å². The van der Waals surface area contributed by atoms with Gasteiger partial charge >= 0.3 is 11.9 Å². The molecular formula is C21H28N2O5S. The average molecular weight is 421 g/mol. The standard InChI is InChI=1S/C19H26N2OS.C2H2O4/c1-4-18(22)21(19-10-7-13-23-19)16(3)14-20-12-11-17-9-6-5-8-15(17)2;3-1(4)2(5)6/h5-10,13,16,20H,4,11-12,14H2,1-3H3;(H,3,4)(H,5,6). The van der Waals surface area contributed by atoms with Crippen LogP contribution in [0.15, 0.2) is 41.8 Å². The number of anilines is 1. The zero-order chi connectivity index (χ0) is 21.8. The van der Waals surface area contributed by atoms with Gasteiger partial charge in [-0.1, -0.05) is 31.2 Å². The van der Waals surface area contributed by atoms with E-state index in [2.05, 4.69) is 43.4 Å². The maximum absolute atomic E-state index is 12.3. The zero-order valence-electron chi connectivity index (χ0n) is 16.9. The van der Waals surface area contributed by atoms with Gasteiger partial charge in [0.25, 0.3) is 0 Å². The van der Waals surface area contributed by atoms with E-state index in [-0.39, 0.29) is 11.9 Å². The number of thiophene rings is 1. The van der Waals surface area contributed by atoms with Gasteiger partial charge in [-0.25, -0.2) is 9.59 Å². The molecule has 0 saturated heterocycles. The average Bonchev–Trinajstić information content (AvgIpc) is 3.21. The van der Waals surface area contributed by atoms with E-state index in [1.165, 1.54) is 11.1 Å². The Hall–Kier alpha value is -2.71. The molecule has 0 aliphatic heterocycles. The Morgan fingerprint density at radius 2 is 1.76 bits per heavy atom. The highest BCUT2D eigenvalue weighted by Crippen LogP contribution is 2.24. The van der Waals surface area contributed by atoms with E-state index in [4.69, 9.17) is 19.8 Å². The highest BCUT2D eigenvalue weighted by atomic mass is 32.1. The Kier molecular flexibility index (Phi) is 10.6. The SMILES string of the molecule is CCC(=O)N(c1cccs1)C(C)CNCCc1ccccc1C.O=C(O)C(=O)O. The normalized spacial score (nSPS) is 11.1. The smallest absolute Gasteiger partial charge is 0.414 e. The second-order valence-electron chi connectivity index (χ2n) is 6.41. The lowest BCUT2D eigenvalue weighted by Crippen LogP contribution is -2.44. The molecule has 29 heavy (non-hydrogen) atoms. The molecule has 1 amide bonds. The van der Waals surface area contributed by atoms with Gasteiger partial charge in [0.05, 0.1) is 5.00 Å². The number of aryl methyl sites for hydroxylation is 1. The van der Waals surface area contributed by atoms with Crippen LogP contribution >= 0.6 is 11.3 Å². The number of carboxylic acid groups (broad SMARTS) is 2. The number of aliphatic carboxylic acids is 2. The molecule has 0 aliphatic carbocycles. The molecule has 3 N–H and O–H groups in total. The summed E-state index contributed by atoms with van der Waals surface area (Å²) in [5, 5.41) is 21.3. The third kappa shape index (κ3) is 8.45. The van der Waals surface area contributed by atoms with Crippen LogP contribution in [0.3, 0.4) is 0 Å². The van der Waals surface area contributed by atoms with Gasteiger partial charge in [0, 0.05) is 19.0 Å². The van der Waals surface area contributed by atoms with E-state index in [1.807, 2.05) is 29.3 Å². The van der Waals surface area contributed by atoms with E-state index in [0.29, 0.717) is 6.42 Å². The number of nitrogens with zero attached hydrogens (tertiary/aromatic N) is 1. The van der Waals surface area contributed by atoms with Crippen molar-refractivity contribution in [1.29, 1.82) is 0 Å². The second kappa shape index (κ2) is 12.7. The predicted octanol–water partition coefficient (Wildman–Crippen LogP) is 3.18. The first kappa shape index (κ1) is 24.3. The molecule has 2 rings (SSSR count). The number of carboxylic acids is 2. The first-order chi connectivity index (χ1) is 13.8. The summed E-state index contributed by atoms with van der Waals surface area (Å²) in [7, 11) is 0. The van der Waals surface area contributed by atoms with Gasteiger partial charge in [0.1, 0.15) is 0 Å². The highest BCUT2D eigenvalue weighted by Gasteiger charge is 2.21. The van der Waals surface area contributed by atoms with Crippen molar-refractivity contribution in [3.63, 3.8) is 0 Å². The summed E-state index contributed by atoms with van der Waals surface area (Å²) >= 11 is 1.62. The van der Waals surface area contributed by atoms with E-state index in [1.54, 1.807) is 11.3 Å². The molecule has 0 saturated carbocycles. The summed E-state index contributed by atoms with van der Waals surface area (Å²) in [6.45, 7) is 7.90. The Morgan fingerprint density at radius 1 is 1.10 bits per heavy atom. The van der Waals surface area contributed by atoms with Crippen LogP contribution in [-0.2, 0) is 20.8 Å². The molecule has 0 fully saturated rings. The number of carbonyl (C=O) groups is 3. The van der Waals surface area contributed by atoms with Crippen molar-refractivity contribution in [3.05, 3.63) is 52.9 Å². The summed E-state index contributed by atoms with van der Waals surface area (Å²) in [6.07, 6.45) is 1.55. The van der Waals surface area contributed by atoms with Crippen molar-refractivity contribution in [2.75, 3.05) is 18.0 Å². The van der Waals surface area contributed by atoms with Crippen molar-refractivity contribution in [3.8, 4) is 0 Å². The minimum Gasteiger partial charge on any atom is -0.473 e. The fourth-order valence-corrected chi connectivity index (χ4v) is 3.53. The molecule has 1 aromatic carbocycles. The van der Waals surface area contributed by atoms with Crippen LogP contribution in [0.5, 0.6) is 0 Å². The predicted molar refractivity (Wildman–Crippen MR) is 115 cm³/mol. The molecule has 0 bridgehead atoms. The Balaban J connectivity index is 0.000000612. The van der Waals surface area contributed by atoms with Crippen molar-refractivity contribution in [1.82, 2.24) is 5.32 Å². The maximum Gasteiger partial charge on any atom is 0.414 e. The number of nitrogens with one attached hydrogen (secondary N) is 1. The fraction of sp³-hybridized carbons (Fsp3) is 0.381. The number of benzene rings is 1. The minimum atomic E-state index is -1.82. The largest absolute Gasteiger partial charge is 0.473 e.